The van der Waals surface area contributed by atoms with E-state index >= 15 is 0 Å². The summed E-state index contributed by atoms with van der Waals surface area (Å²) >= 11 is 2.84. The van der Waals surface area contributed by atoms with Crippen LogP contribution in [0.2, 0.25) is 0 Å². The van der Waals surface area contributed by atoms with E-state index in [0.717, 1.165) is 28.4 Å². The van der Waals surface area contributed by atoms with Gasteiger partial charge in [-0.25, -0.2) is 9.37 Å². The Labute approximate surface area is 200 Å². The van der Waals surface area contributed by atoms with Crippen LogP contribution in [0.4, 0.5) is 9.52 Å². The van der Waals surface area contributed by atoms with Gasteiger partial charge >= 0.3 is 0 Å². The van der Waals surface area contributed by atoms with Crippen molar-refractivity contribution in [1.29, 1.82) is 0 Å². The summed E-state index contributed by atoms with van der Waals surface area (Å²) in [6, 6.07) is 6.04. The Morgan fingerprint density at radius 2 is 1.85 bits per heavy atom. The van der Waals surface area contributed by atoms with Crippen molar-refractivity contribution in [1.82, 2.24) is 20.1 Å². The number of benzene rings is 1. The normalized spacial score (nSPS) is 15.0. The molecule has 7 nitrogen and oxygen atoms in total. The third-order valence-corrected chi connectivity index (χ3v) is 7.78. The van der Waals surface area contributed by atoms with E-state index in [9.17, 15) is 14.0 Å². The molecule has 10 heteroatoms. The zero-order chi connectivity index (χ0) is 23.6. The maximum atomic E-state index is 13.1. The number of nitrogens with one attached hydrogen (secondary N) is 1. The number of hydrogen-bond acceptors (Lipinski definition) is 7. The molecule has 1 aliphatic rings. The van der Waals surface area contributed by atoms with E-state index in [1.165, 1.54) is 34.8 Å². The topological polar surface area (TPSA) is 88.1 Å². The summed E-state index contributed by atoms with van der Waals surface area (Å²) in [6.45, 7) is 7.44. The van der Waals surface area contributed by atoms with Crippen molar-refractivity contribution in [2.75, 3.05) is 18.4 Å². The van der Waals surface area contributed by atoms with Crippen molar-refractivity contribution in [3.05, 3.63) is 56.7 Å². The molecular formula is C23H26FN5O2S2. The van der Waals surface area contributed by atoms with Crippen LogP contribution in [0.1, 0.15) is 65.6 Å². The number of hydrogen-bond donors (Lipinski definition) is 1. The number of likely N-dealkylation sites (tertiary alicyclic amines) is 1. The smallest absolute Gasteiger partial charge is 0.276 e. The minimum Gasteiger partial charge on any atom is -0.342 e. The average Bonchev–Trinajstić information content (AvgIpc) is 3.45. The third-order valence-electron chi connectivity index (χ3n) is 5.51. The van der Waals surface area contributed by atoms with Crippen molar-refractivity contribution in [2.45, 2.75) is 51.4 Å². The van der Waals surface area contributed by atoms with Gasteiger partial charge in [0.1, 0.15) is 16.5 Å². The predicted octanol–water partition coefficient (Wildman–Crippen LogP) is 4.63. The second-order valence-corrected chi connectivity index (χ2v) is 11.0. The summed E-state index contributed by atoms with van der Waals surface area (Å²) in [6.07, 6.45) is 1.87. The van der Waals surface area contributed by atoms with Crippen LogP contribution in [0.5, 0.6) is 0 Å². The Kier molecular flexibility index (Phi) is 6.85. The minimum absolute atomic E-state index is 0.0472. The Balaban J connectivity index is 1.30. The molecular weight excluding hydrogens is 461 g/mol. The summed E-state index contributed by atoms with van der Waals surface area (Å²) < 4.78 is 13.1. The van der Waals surface area contributed by atoms with Gasteiger partial charge in [0.25, 0.3) is 5.91 Å². The first-order chi connectivity index (χ1) is 15.7. The standard InChI is InChI=1S/C23H26FN5O2S2/c1-23(2,3)21-27-28-22(33-21)26-19(31)17-13-32-20(25-17)15-8-10-29(11-9-15)18(30)12-14-4-6-16(24)7-5-14/h4-7,13,15H,8-12H2,1-3H3,(H,26,28,31). The van der Waals surface area contributed by atoms with Gasteiger partial charge in [0.05, 0.1) is 11.4 Å². The molecule has 1 aliphatic heterocycles. The first-order valence-corrected chi connectivity index (χ1v) is 12.5. The summed E-state index contributed by atoms with van der Waals surface area (Å²) in [5.41, 5.74) is 1.06. The van der Waals surface area contributed by atoms with Gasteiger partial charge in [-0.3, -0.25) is 14.9 Å². The molecule has 1 N–H and O–H groups in total. The van der Waals surface area contributed by atoms with Crippen LogP contribution in [-0.2, 0) is 16.6 Å². The van der Waals surface area contributed by atoms with E-state index < -0.39 is 0 Å². The third kappa shape index (κ3) is 5.80. The second-order valence-electron chi connectivity index (χ2n) is 9.15. The molecule has 3 aromatic rings. The molecule has 174 valence electrons. The van der Waals surface area contributed by atoms with Crippen LogP contribution in [-0.4, -0.2) is 45.0 Å². The summed E-state index contributed by atoms with van der Waals surface area (Å²) in [5, 5.41) is 15.0. The van der Waals surface area contributed by atoms with Crippen LogP contribution in [0, 0.1) is 5.82 Å². The Bertz CT molecular complexity index is 1130. The Hall–Kier alpha value is -2.72. The summed E-state index contributed by atoms with van der Waals surface area (Å²) in [7, 11) is 0. The van der Waals surface area contributed by atoms with Crippen molar-refractivity contribution in [3.63, 3.8) is 0 Å². The maximum Gasteiger partial charge on any atom is 0.276 e. The van der Waals surface area contributed by atoms with Crippen LogP contribution in [0.3, 0.4) is 0 Å². The quantitative estimate of drug-likeness (QED) is 0.567. The molecule has 2 amide bonds. The SMILES string of the molecule is CC(C)(C)c1nnc(NC(=O)c2csc(C3CCN(C(=O)Cc4ccc(F)cc4)CC3)n2)s1. The number of amides is 2. The van der Waals surface area contributed by atoms with E-state index in [0.29, 0.717) is 23.9 Å². The highest BCUT2D eigenvalue weighted by molar-refractivity contribution is 7.15. The van der Waals surface area contributed by atoms with Gasteiger partial charge in [0.15, 0.2) is 0 Å². The zero-order valence-corrected chi connectivity index (χ0v) is 20.4. The molecule has 0 bridgehead atoms. The number of anilines is 1. The molecule has 0 atom stereocenters. The van der Waals surface area contributed by atoms with Crippen LogP contribution < -0.4 is 5.32 Å². The van der Waals surface area contributed by atoms with E-state index in [1.807, 2.05) is 25.7 Å². The lowest BCUT2D eigenvalue weighted by Gasteiger charge is -2.31. The number of halogens is 1. The van der Waals surface area contributed by atoms with Gasteiger partial charge < -0.3 is 4.90 Å². The van der Waals surface area contributed by atoms with Crippen molar-refractivity contribution < 1.29 is 14.0 Å². The van der Waals surface area contributed by atoms with Gasteiger partial charge in [-0.15, -0.1) is 21.5 Å². The van der Waals surface area contributed by atoms with E-state index in [-0.39, 0.29) is 35.4 Å². The predicted molar refractivity (Wildman–Crippen MR) is 127 cm³/mol. The van der Waals surface area contributed by atoms with Gasteiger partial charge in [0.2, 0.25) is 11.0 Å². The fourth-order valence-electron chi connectivity index (χ4n) is 3.58. The first kappa shape index (κ1) is 23.4. The second kappa shape index (κ2) is 9.64. The lowest BCUT2D eigenvalue weighted by molar-refractivity contribution is -0.131. The molecule has 1 saturated heterocycles. The monoisotopic (exact) mass is 487 g/mol. The van der Waals surface area contributed by atoms with Crippen molar-refractivity contribution >= 4 is 39.6 Å². The highest BCUT2D eigenvalue weighted by Crippen LogP contribution is 2.31. The number of piperidine rings is 1. The zero-order valence-electron chi connectivity index (χ0n) is 18.8. The van der Waals surface area contributed by atoms with Crippen molar-refractivity contribution in [3.8, 4) is 0 Å². The van der Waals surface area contributed by atoms with Gasteiger partial charge in [-0.2, -0.15) is 0 Å². The summed E-state index contributed by atoms with van der Waals surface area (Å²) in [4.78, 5) is 31.6. The highest BCUT2D eigenvalue weighted by Gasteiger charge is 2.27. The van der Waals surface area contributed by atoms with Crippen LogP contribution >= 0.6 is 22.7 Å². The average molecular weight is 488 g/mol. The Morgan fingerprint density at radius 3 is 2.48 bits per heavy atom. The minimum atomic E-state index is -0.304. The molecule has 0 radical (unpaired) electrons. The molecule has 1 fully saturated rings. The van der Waals surface area contributed by atoms with Gasteiger partial charge in [-0.05, 0) is 30.5 Å². The first-order valence-electron chi connectivity index (χ1n) is 10.8. The Morgan fingerprint density at radius 1 is 1.15 bits per heavy atom. The van der Waals surface area contributed by atoms with Gasteiger partial charge in [0, 0.05) is 29.8 Å². The molecule has 4 rings (SSSR count). The molecule has 0 spiro atoms. The molecule has 1 aromatic carbocycles. The van der Waals surface area contributed by atoms with E-state index in [1.54, 1.807) is 17.5 Å². The number of carbonyl (C=O) groups excluding carboxylic acids is 2. The molecule has 0 saturated carbocycles. The summed E-state index contributed by atoms with van der Waals surface area (Å²) in [5.74, 6) is -0.325. The lowest BCUT2D eigenvalue weighted by Crippen LogP contribution is -2.38. The largest absolute Gasteiger partial charge is 0.342 e. The molecule has 0 aliphatic carbocycles. The number of nitrogens with zero attached hydrogens (tertiary/aromatic N) is 4. The molecule has 0 unspecified atom stereocenters. The molecule has 2 aromatic heterocycles. The molecule has 33 heavy (non-hydrogen) atoms. The van der Waals surface area contributed by atoms with Crippen LogP contribution in [0.25, 0.3) is 0 Å². The van der Waals surface area contributed by atoms with Crippen molar-refractivity contribution in [2.24, 2.45) is 0 Å². The number of rotatable bonds is 5. The van der Waals surface area contributed by atoms with E-state index in [4.69, 9.17) is 0 Å². The van der Waals surface area contributed by atoms with Gasteiger partial charge in [-0.1, -0.05) is 44.2 Å². The number of carbonyl (C=O) groups is 2. The number of aromatic nitrogens is 3. The highest BCUT2D eigenvalue weighted by atomic mass is 32.1. The fourth-order valence-corrected chi connectivity index (χ4v) is 5.35. The van der Waals surface area contributed by atoms with E-state index in [2.05, 4.69) is 20.5 Å². The number of thiazole rings is 1. The lowest BCUT2D eigenvalue weighted by atomic mass is 9.97. The molecule has 3 heterocycles. The maximum absolute atomic E-state index is 13.1. The fraction of sp³-hybridized carbons (Fsp3) is 0.435. The van der Waals surface area contributed by atoms with Crippen LogP contribution in [0.15, 0.2) is 29.6 Å².